The number of rotatable bonds is 6. The van der Waals surface area contributed by atoms with E-state index in [2.05, 4.69) is 10.6 Å². The number of hydrogen-bond acceptors (Lipinski definition) is 3. The van der Waals surface area contributed by atoms with Crippen molar-refractivity contribution in [2.45, 2.75) is 13.8 Å². The Balaban J connectivity index is 1.62. The summed E-state index contributed by atoms with van der Waals surface area (Å²) in [7, 11) is 0. The fourth-order valence-electron chi connectivity index (χ4n) is 2.62. The lowest BCUT2D eigenvalue weighted by Gasteiger charge is -2.11. The molecule has 5 nitrogen and oxygen atoms in total. The molecule has 0 spiro atoms. The van der Waals surface area contributed by atoms with Crippen molar-refractivity contribution in [3.05, 3.63) is 66.7 Å². The maximum atomic E-state index is 12.2. The van der Waals surface area contributed by atoms with Crippen LogP contribution in [0.1, 0.15) is 13.8 Å². The van der Waals surface area contributed by atoms with E-state index in [4.69, 9.17) is 4.74 Å². The van der Waals surface area contributed by atoms with Gasteiger partial charge in [-0.25, -0.2) is 0 Å². The van der Waals surface area contributed by atoms with Gasteiger partial charge in [0.25, 0.3) is 5.91 Å². The molecule has 0 saturated carbocycles. The molecule has 0 aliphatic carbocycles. The molecule has 0 aliphatic heterocycles. The highest BCUT2D eigenvalue weighted by atomic mass is 16.5. The minimum atomic E-state index is -0.268. The molecule has 27 heavy (non-hydrogen) atoms. The normalized spacial score (nSPS) is 10.6. The zero-order chi connectivity index (χ0) is 19.2. The van der Waals surface area contributed by atoms with E-state index in [1.807, 2.05) is 56.3 Å². The molecule has 0 aliphatic rings. The van der Waals surface area contributed by atoms with Gasteiger partial charge in [-0.05, 0) is 29.7 Å². The lowest BCUT2D eigenvalue weighted by Crippen LogP contribution is -2.21. The highest BCUT2D eigenvalue weighted by Crippen LogP contribution is 2.25. The Morgan fingerprint density at radius 3 is 2.33 bits per heavy atom. The molecule has 0 fully saturated rings. The van der Waals surface area contributed by atoms with Gasteiger partial charge in [-0.3, -0.25) is 9.59 Å². The topological polar surface area (TPSA) is 67.4 Å². The highest BCUT2D eigenvalue weighted by molar-refractivity contribution is 5.95. The Hall–Kier alpha value is -3.34. The van der Waals surface area contributed by atoms with Gasteiger partial charge in [-0.15, -0.1) is 0 Å². The Morgan fingerprint density at radius 2 is 1.56 bits per heavy atom. The summed E-state index contributed by atoms with van der Waals surface area (Å²) in [6, 6.07) is 20.6. The summed E-state index contributed by atoms with van der Waals surface area (Å²) < 4.78 is 5.70. The first kappa shape index (κ1) is 18.5. The molecule has 138 valence electrons. The molecule has 5 heteroatoms. The summed E-state index contributed by atoms with van der Waals surface area (Å²) in [6.45, 7) is 3.55. The molecule has 0 unspecified atom stereocenters. The maximum Gasteiger partial charge on any atom is 0.262 e. The number of nitrogens with one attached hydrogen (secondary N) is 2. The number of benzene rings is 3. The van der Waals surface area contributed by atoms with Gasteiger partial charge >= 0.3 is 0 Å². The van der Waals surface area contributed by atoms with Crippen LogP contribution in [-0.2, 0) is 9.59 Å². The smallest absolute Gasteiger partial charge is 0.262 e. The third kappa shape index (κ3) is 4.85. The van der Waals surface area contributed by atoms with Crippen molar-refractivity contribution in [1.29, 1.82) is 0 Å². The Morgan fingerprint density at radius 1 is 0.889 bits per heavy atom. The first-order valence-electron chi connectivity index (χ1n) is 8.84. The molecule has 0 radical (unpaired) electrons. The lowest BCUT2D eigenvalue weighted by atomic mass is 10.1. The van der Waals surface area contributed by atoms with Crippen LogP contribution in [0.25, 0.3) is 10.8 Å². The molecule has 0 saturated heterocycles. The van der Waals surface area contributed by atoms with Crippen molar-refractivity contribution >= 4 is 34.0 Å². The molecule has 0 aromatic heterocycles. The van der Waals surface area contributed by atoms with Gasteiger partial charge < -0.3 is 15.4 Å². The fourth-order valence-corrected chi connectivity index (χ4v) is 2.62. The third-order valence-corrected chi connectivity index (χ3v) is 4.05. The molecule has 3 rings (SSSR count). The first-order chi connectivity index (χ1) is 13.0. The van der Waals surface area contributed by atoms with Crippen molar-refractivity contribution in [3.8, 4) is 5.75 Å². The van der Waals surface area contributed by atoms with Crippen LogP contribution in [0.4, 0.5) is 11.4 Å². The van der Waals surface area contributed by atoms with Gasteiger partial charge in [-0.2, -0.15) is 0 Å². The number of fused-ring (bicyclic) bond motifs is 1. The zero-order valence-electron chi connectivity index (χ0n) is 15.4. The van der Waals surface area contributed by atoms with E-state index in [-0.39, 0.29) is 24.3 Å². The van der Waals surface area contributed by atoms with E-state index in [1.54, 1.807) is 24.3 Å². The summed E-state index contributed by atoms with van der Waals surface area (Å²) in [5, 5.41) is 7.62. The van der Waals surface area contributed by atoms with Crippen molar-refractivity contribution in [1.82, 2.24) is 0 Å². The summed E-state index contributed by atoms with van der Waals surface area (Å²) in [5.41, 5.74) is 1.24. The summed E-state index contributed by atoms with van der Waals surface area (Å²) in [4.78, 5) is 24.0. The average Bonchev–Trinajstić information content (AvgIpc) is 2.66. The van der Waals surface area contributed by atoms with Crippen LogP contribution in [0.3, 0.4) is 0 Å². The quantitative estimate of drug-likeness (QED) is 0.681. The van der Waals surface area contributed by atoms with Crippen LogP contribution in [0.5, 0.6) is 5.75 Å². The van der Waals surface area contributed by atoms with Crippen molar-refractivity contribution in [3.63, 3.8) is 0 Å². The summed E-state index contributed by atoms with van der Waals surface area (Å²) in [6.07, 6.45) is 0. The van der Waals surface area contributed by atoms with Crippen LogP contribution in [0, 0.1) is 5.92 Å². The van der Waals surface area contributed by atoms with Crippen LogP contribution >= 0.6 is 0 Å². The second-order valence-electron chi connectivity index (χ2n) is 6.54. The van der Waals surface area contributed by atoms with E-state index in [0.717, 1.165) is 10.8 Å². The van der Waals surface area contributed by atoms with Crippen molar-refractivity contribution < 1.29 is 14.3 Å². The van der Waals surface area contributed by atoms with Crippen LogP contribution in [0.2, 0.25) is 0 Å². The predicted octanol–water partition coefficient (Wildman–Crippen LogP) is 4.45. The highest BCUT2D eigenvalue weighted by Gasteiger charge is 2.09. The van der Waals surface area contributed by atoms with Crippen LogP contribution < -0.4 is 15.4 Å². The van der Waals surface area contributed by atoms with Crippen LogP contribution in [0.15, 0.2) is 66.7 Å². The van der Waals surface area contributed by atoms with Gasteiger partial charge in [0.2, 0.25) is 5.91 Å². The van der Waals surface area contributed by atoms with Gasteiger partial charge in [0.05, 0.1) is 0 Å². The SMILES string of the molecule is CC(C)C(=O)Nc1cccc(NC(=O)COc2cccc3ccccc23)c1. The number of carbonyl (C=O) groups excluding carboxylic acids is 2. The zero-order valence-corrected chi connectivity index (χ0v) is 15.4. The molecule has 0 heterocycles. The second-order valence-corrected chi connectivity index (χ2v) is 6.54. The lowest BCUT2D eigenvalue weighted by molar-refractivity contribution is -0.119. The molecule has 0 bridgehead atoms. The van der Waals surface area contributed by atoms with Crippen LogP contribution in [-0.4, -0.2) is 18.4 Å². The average molecular weight is 362 g/mol. The molecule has 3 aromatic rings. The minimum Gasteiger partial charge on any atom is -0.483 e. The maximum absolute atomic E-state index is 12.2. The van der Waals surface area contributed by atoms with E-state index in [0.29, 0.717) is 17.1 Å². The Labute approximate surface area is 158 Å². The number of ether oxygens (including phenoxy) is 1. The number of hydrogen-bond donors (Lipinski definition) is 2. The molecular weight excluding hydrogens is 340 g/mol. The van der Waals surface area contributed by atoms with E-state index in [9.17, 15) is 9.59 Å². The molecule has 2 amide bonds. The van der Waals surface area contributed by atoms with Gasteiger partial charge in [0.1, 0.15) is 5.75 Å². The number of amides is 2. The summed E-state index contributed by atoms with van der Waals surface area (Å²) in [5.74, 6) is 0.214. The standard InChI is InChI=1S/C22H22N2O3/c1-15(2)22(26)24-18-10-6-9-17(13-18)23-21(25)14-27-20-12-5-8-16-7-3-4-11-19(16)20/h3-13,15H,14H2,1-2H3,(H,23,25)(H,24,26). The van der Waals surface area contributed by atoms with Crippen molar-refractivity contribution in [2.24, 2.45) is 5.92 Å². The molecule has 2 N–H and O–H groups in total. The third-order valence-electron chi connectivity index (χ3n) is 4.05. The largest absolute Gasteiger partial charge is 0.483 e. The Bertz CT molecular complexity index is 961. The van der Waals surface area contributed by atoms with Gasteiger partial charge in [0.15, 0.2) is 6.61 Å². The van der Waals surface area contributed by atoms with E-state index < -0.39 is 0 Å². The van der Waals surface area contributed by atoms with Gasteiger partial charge in [0, 0.05) is 22.7 Å². The second kappa shape index (κ2) is 8.36. The predicted molar refractivity (Wildman–Crippen MR) is 108 cm³/mol. The first-order valence-corrected chi connectivity index (χ1v) is 8.84. The number of anilines is 2. The van der Waals surface area contributed by atoms with E-state index >= 15 is 0 Å². The fraction of sp³-hybridized carbons (Fsp3) is 0.182. The minimum absolute atomic E-state index is 0.0715. The van der Waals surface area contributed by atoms with E-state index in [1.165, 1.54) is 0 Å². The molecule has 3 aromatic carbocycles. The summed E-state index contributed by atoms with van der Waals surface area (Å²) >= 11 is 0. The van der Waals surface area contributed by atoms with Crippen molar-refractivity contribution in [2.75, 3.05) is 17.2 Å². The number of carbonyl (C=O) groups is 2. The van der Waals surface area contributed by atoms with Gasteiger partial charge in [-0.1, -0.05) is 56.3 Å². The molecular formula is C22H22N2O3. The Kier molecular flexibility index (Phi) is 5.71. The molecule has 0 atom stereocenters. The monoisotopic (exact) mass is 362 g/mol.